The summed E-state index contributed by atoms with van der Waals surface area (Å²) in [5.74, 6) is -0.576. The molecule has 1 rings (SSSR count). The molecule has 6 heteroatoms. The smallest absolute Gasteiger partial charge is 0.253 e. The first-order valence-corrected chi connectivity index (χ1v) is 6.13. The second-order valence-corrected chi connectivity index (χ2v) is 3.75. The van der Waals surface area contributed by atoms with Crippen LogP contribution in [0, 0.1) is 0 Å². The van der Waals surface area contributed by atoms with E-state index in [1.807, 2.05) is 0 Å². The topological polar surface area (TPSA) is 65.1 Å². The first kappa shape index (κ1) is 15.6. The van der Waals surface area contributed by atoms with Gasteiger partial charge in [0.15, 0.2) is 0 Å². The minimum atomic E-state index is -0.288. The molecule has 0 atom stereocenters. The van der Waals surface area contributed by atoms with Crippen LogP contribution in [-0.4, -0.2) is 62.9 Å². The van der Waals surface area contributed by atoms with Gasteiger partial charge in [0.05, 0.1) is 46.2 Å². The van der Waals surface area contributed by atoms with E-state index >= 15 is 0 Å². The molecule has 0 spiro atoms. The molecule has 0 aromatic rings. The number of rotatable bonds is 11. The summed E-state index contributed by atoms with van der Waals surface area (Å²) in [5.41, 5.74) is 0. The third kappa shape index (κ3) is 6.28. The van der Waals surface area contributed by atoms with Gasteiger partial charge in [0.25, 0.3) is 11.8 Å². The maximum atomic E-state index is 11.2. The molecule has 0 fully saturated rings. The standard InChI is InChI=1S/C13H19NO5/c1-2-6-17-8-10-19-11-9-18-7-5-14-12(15)3-4-13(14)16/h2-4H,1,5-11H2. The molecule has 2 amide bonds. The van der Waals surface area contributed by atoms with Crippen molar-refractivity contribution in [2.24, 2.45) is 0 Å². The summed E-state index contributed by atoms with van der Waals surface area (Å²) in [7, 11) is 0. The Hall–Kier alpha value is -1.50. The van der Waals surface area contributed by atoms with Crippen molar-refractivity contribution < 1.29 is 23.8 Å². The Bertz CT molecular complexity index is 322. The Labute approximate surface area is 112 Å². The van der Waals surface area contributed by atoms with Gasteiger partial charge in [-0.1, -0.05) is 6.08 Å². The van der Waals surface area contributed by atoms with Crippen molar-refractivity contribution in [3.63, 3.8) is 0 Å². The summed E-state index contributed by atoms with van der Waals surface area (Å²) in [6.07, 6.45) is 4.20. The maximum Gasteiger partial charge on any atom is 0.253 e. The van der Waals surface area contributed by atoms with Crippen molar-refractivity contribution in [2.45, 2.75) is 0 Å². The van der Waals surface area contributed by atoms with E-state index in [-0.39, 0.29) is 18.4 Å². The van der Waals surface area contributed by atoms with Crippen LogP contribution in [0.25, 0.3) is 0 Å². The van der Waals surface area contributed by atoms with Crippen molar-refractivity contribution in [1.82, 2.24) is 4.90 Å². The molecule has 6 nitrogen and oxygen atoms in total. The van der Waals surface area contributed by atoms with Crippen LogP contribution in [0.4, 0.5) is 0 Å². The monoisotopic (exact) mass is 269 g/mol. The van der Waals surface area contributed by atoms with Gasteiger partial charge in [-0.05, 0) is 0 Å². The number of hydrogen-bond acceptors (Lipinski definition) is 5. The van der Waals surface area contributed by atoms with Crippen molar-refractivity contribution >= 4 is 11.8 Å². The van der Waals surface area contributed by atoms with Crippen LogP contribution in [0.3, 0.4) is 0 Å². The van der Waals surface area contributed by atoms with E-state index < -0.39 is 0 Å². The van der Waals surface area contributed by atoms with Crippen LogP contribution < -0.4 is 0 Å². The average Bonchev–Trinajstić information content (AvgIpc) is 2.72. The van der Waals surface area contributed by atoms with Gasteiger partial charge in [0.1, 0.15) is 0 Å². The molecule has 1 heterocycles. The van der Waals surface area contributed by atoms with Crippen LogP contribution in [0.2, 0.25) is 0 Å². The highest BCUT2D eigenvalue weighted by molar-refractivity contribution is 6.12. The van der Waals surface area contributed by atoms with Crippen LogP contribution >= 0.6 is 0 Å². The molecule has 0 saturated heterocycles. The summed E-state index contributed by atoms with van der Waals surface area (Å²) < 4.78 is 15.6. The Kier molecular flexibility index (Phi) is 7.72. The summed E-state index contributed by atoms with van der Waals surface area (Å²) in [6.45, 7) is 6.54. The lowest BCUT2D eigenvalue weighted by Gasteiger charge is -2.13. The van der Waals surface area contributed by atoms with Gasteiger partial charge >= 0.3 is 0 Å². The molecule has 0 aromatic carbocycles. The number of carbonyl (C=O) groups excluding carboxylic acids is 2. The predicted molar refractivity (Wildman–Crippen MR) is 68.5 cm³/mol. The number of carbonyl (C=O) groups is 2. The SMILES string of the molecule is C=CCOCCOCCOCCN1C(=O)C=CC1=O. The molecule has 0 unspecified atom stereocenters. The lowest BCUT2D eigenvalue weighted by molar-refractivity contribution is -0.137. The van der Waals surface area contributed by atoms with Gasteiger partial charge in [0.2, 0.25) is 0 Å². The quantitative estimate of drug-likeness (QED) is 0.303. The normalized spacial score (nSPS) is 14.4. The summed E-state index contributed by atoms with van der Waals surface area (Å²) in [4.78, 5) is 23.5. The van der Waals surface area contributed by atoms with Gasteiger partial charge in [-0.3, -0.25) is 14.5 Å². The van der Waals surface area contributed by atoms with Crippen LogP contribution in [0.5, 0.6) is 0 Å². The van der Waals surface area contributed by atoms with E-state index in [1.54, 1.807) is 6.08 Å². The number of nitrogens with zero attached hydrogens (tertiary/aromatic N) is 1. The minimum absolute atomic E-state index is 0.271. The third-order valence-corrected chi connectivity index (χ3v) is 2.34. The van der Waals surface area contributed by atoms with Crippen molar-refractivity contribution in [3.05, 3.63) is 24.8 Å². The zero-order chi connectivity index (χ0) is 13.9. The van der Waals surface area contributed by atoms with Crippen LogP contribution in [-0.2, 0) is 23.8 Å². The summed E-state index contributed by atoms with van der Waals surface area (Å²) >= 11 is 0. The molecule has 0 aliphatic carbocycles. The first-order chi connectivity index (χ1) is 9.25. The number of ether oxygens (including phenoxy) is 3. The number of amides is 2. The Morgan fingerprint density at radius 3 is 2.05 bits per heavy atom. The molecule has 1 aliphatic heterocycles. The first-order valence-electron chi connectivity index (χ1n) is 6.13. The fraction of sp³-hybridized carbons (Fsp3) is 0.538. The van der Waals surface area contributed by atoms with E-state index in [9.17, 15) is 9.59 Å². The van der Waals surface area contributed by atoms with E-state index in [0.29, 0.717) is 39.6 Å². The minimum Gasteiger partial charge on any atom is -0.377 e. The fourth-order valence-corrected chi connectivity index (χ4v) is 1.41. The molecule has 0 aromatic heterocycles. The van der Waals surface area contributed by atoms with E-state index in [2.05, 4.69) is 6.58 Å². The molecular weight excluding hydrogens is 250 g/mol. The van der Waals surface area contributed by atoms with Crippen LogP contribution in [0.15, 0.2) is 24.8 Å². The highest BCUT2D eigenvalue weighted by atomic mass is 16.5. The molecule has 0 radical (unpaired) electrons. The molecule has 106 valence electrons. The van der Waals surface area contributed by atoms with E-state index in [1.165, 1.54) is 12.2 Å². The lowest BCUT2D eigenvalue weighted by atomic mass is 10.5. The average molecular weight is 269 g/mol. The highest BCUT2D eigenvalue weighted by Crippen LogP contribution is 2.02. The highest BCUT2D eigenvalue weighted by Gasteiger charge is 2.22. The lowest BCUT2D eigenvalue weighted by Crippen LogP contribution is -2.33. The number of imide groups is 1. The second kappa shape index (κ2) is 9.43. The van der Waals surface area contributed by atoms with Gasteiger partial charge in [-0.2, -0.15) is 0 Å². The fourth-order valence-electron chi connectivity index (χ4n) is 1.41. The second-order valence-electron chi connectivity index (χ2n) is 3.75. The Balaban J connectivity index is 1.88. The van der Waals surface area contributed by atoms with Crippen molar-refractivity contribution in [3.8, 4) is 0 Å². The third-order valence-electron chi connectivity index (χ3n) is 2.34. The van der Waals surface area contributed by atoms with Gasteiger partial charge in [-0.15, -0.1) is 6.58 Å². The van der Waals surface area contributed by atoms with E-state index in [4.69, 9.17) is 14.2 Å². The Morgan fingerprint density at radius 1 is 0.947 bits per heavy atom. The van der Waals surface area contributed by atoms with Crippen LogP contribution in [0.1, 0.15) is 0 Å². The van der Waals surface area contributed by atoms with Gasteiger partial charge in [-0.25, -0.2) is 0 Å². The van der Waals surface area contributed by atoms with Crippen molar-refractivity contribution in [1.29, 1.82) is 0 Å². The van der Waals surface area contributed by atoms with E-state index in [0.717, 1.165) is 4.90 Å². The number of hydrogen-bond donors (Lipinski definition) is 0. The molecular formula is C13H19NO5. The molecule has 1 aliphatic rings. The predicted octanol–water partition coefficient (Wildman–Crippen LogP) is 0.147. The Morgan fingerprint density at radius 2 is 1.47 bits per heavy atom. The van der Waals surface area contributed by atoms with Crippen molar-refractivity contribution in [2.75, 3.05) is 46.2 Å². The zero-order valence-electron chi connectivity index (χ0n) is 10.9. The van der Waals surface area contributed by atoms with Gasteiger partial charge in [0, 0.05) is 12.2 Å². The molecule has 0 saturated carbocycles. The van der Waals surface area contributed by atoms with Gasteiger partial charge < -0.3 is 14.2 Å². The largest absolute Gasteiger partial charge is 0.377 e. The maximum absolute atomic E-state index is 11.2. The summed E-state index contributed by atoms with van der Waals surface area (Å²) in [5, 5.41) is 0. The molecule has 19 heavy (non-hydrogen) atoms. The summed E-state index contributed by atoms with van der Waals surface area (Å²) in [6, 6.07) is 0. The zero-order valence-corrected chi connectivity index (χ0v) is 10.9. The molecule has 0 N–H and O–H groups in total. The molecule has 0 bridgehead atoms.